The lowest BCUT2D eigenvalue weighted by molar-refractivity contribution is -0.118. The van der Waals surface area contributed by atoms with Gasteiger partial charge in [0.25, 0.3) is 5.56 Å². The van der Waals surface area contributed by atoms with Gasteiger partial charge in [0.2, 0.25) is 5.91 Å². The van der Waals surface area contributed by atoms with Crippen molar-refractivity contribution < 1.29 is 4.79 Å². The number of carbonyl (C=O) groups excluding carboxylic acids is 1. The minimum Gasteiger partial charge on any atom is -0.368 e. The second kappa shape index (κ2) is 8.63. The molecule has 0 aliphatic carbocycles. The molecule has 3 aromatic rings. The van der Waals surface area contributed by atoms with Gasteiger partial charge in [-0.05, 0) is 45.1 Å². The Kier molecular flexibility index (Phi) is 6.42. The number of hydrogen-bond acceptors (Lipinski definition) is 5. The maximum Gasteiger partial charge on any atom is 0.291 e. The van der Waals surface area contributed by atoms with Crippen molar-refractivity contribution in [3.63, 3.8) is 0 Å². The molecule has 1 saturated heterocycles. The lowest BCUT2D eigenvalue weighted by atomic mass is 10.1. The van der Waals surface area contributed by atoms with E-state index >= 15 is 0 Å². The molecule has 0 atom stereocenters. The highest BCUT2D eigenvalue weighted by Crippen LogP contribution is 2.32. The summed E-state index contributed by atoms with van der Waals surface area (Å²) in [6.07, 6.45) is 4.28. The Bertz CT molecular complexity index is 1050. The van der Waals surface area contributed by atoms with Crippen LogP contribution in [0.5, 0.6) is 0 Å². The van der Waals surface area contributed by atoms with E-state index in [1.807, 2.05) is 24.3 Å². The monoisotopic (exact) mass is 423 g/mol. The van der Waals surface area contributed by atoms with Crippen LogP contribution in [0.3, 0.4) is 0 Å². The van der Waals surface area contributed by atoms with Crippen molar-refractivity contribution in [3.05, 3.63) is 32.6 Å². The van der Waals surface area contributed by atoms with Crippen molar-refractivity contribution in [2.24, 2.45) is 5.73 Å². The normalized spacial score (nSPS) is 15.2. The van der Waals surface area contributed by atoms with Crippen molar-refractivity contribution in [2.75, 3.05) is 20.1 Å². The summed E-state index contributed by atoms with van der Waals surface area (Å²) in [7, 11) is 2.19. The van der Waals surface area contributed by atoms with E-state index in [-0.39, 0.29) is 18.0 Å². The Morgan fingerprint density at radius 2 is 1.96 bits per heavy atom. The summed E-state index contributed by atoms with van der Waals surface area (Å²) in [5, 5.41) is 5.19. The number of nitrogens with zero attached hydrogens (tertiary/aromatic N) is 4. The van der Waals surface area contributed by atoms with Gasteiger partial charge in [-0.1, -0.05) is 31.9 Å². The molecule has 0 saturated carbocycles. The van der Waals surface area contributed by atoms with Crippen LogP contribution in [0.25, 0.3) is 15.7 Å². The highest BCUT2D eigenvalue weighted by atomic mass is 35.5. The van der Waals surface area contributed by atoms with Crippen LogP contribution in [0.2, 0.25) is 4.34 Å². The molecular formula is C19H26ClN5O2S. The summed E-state index contributed by atoms with van der Waals surface area (Å²) in [5.74, 6) is 0.170. The Morgan fingerprint density at radius 3 is 2.50 bits per heavy atom. The predicted octanol–water partition coefficient (Wildman–Crippen LogP) is 3.07. The number of primary amides is 1. The summed E-state index contributed by atoms with van der Waals surface area (Å²) < 4.78 is 3.60. The van der Waals surface area contributed by atoms with Gasteiger partial charge in [-0.2, -0.15) is 5.10 Å². The van der Waals surface area contributed by atoms with Crippen LogP contribution in [-0.2, 0) is 11.3 Å². The third-order valence-electron chi connectivity index (χ3n) is 4.75. The van der Waals surface area contributed by atoms with E-state index < -0.39 is 5.91 Å². The summed E-state index contributed by atoms with van der Waals surface area (Å²) >= 11 is 7.43. The van der Waals surface area contributed by atoms with Crippen LogP contribution in [0, 0.1) is 0 Å². The van der Waals surface area contributed by atoms with Gasteiger partial charge in [0.1, 0.15) is 22.7 Å². The maximum absolute atomic E-state index is 12.4. The molecule has 9 heteroatoms. The summed E-state index contributed by atoms with van der Waals surface area (Å²) in [6.45, 7) is 6.36. The van der Waals surface area contributed by atoms with Crippen molar-refractivity contribution in [1.82, 2.24) is 19.1 Å². The fourth-order valence-electron chi connectivity index (χ4n) is 3.38. The standard InChI is InChI=1S/C13H13ClN4O2S.C6H13N/c1-6(2)11-16-17(5-10(15)19)12(20)8-3-7-4-9(14)21-13(7)18(8)11;1-7-5-3-2-4-6-7/h3-4,6H,5H2,1-2H3,(H2,15,19);2-6H2,1H3. The molecule has 152 valence electrons. The van der Waals surface area contributed by atoms with Crippen molar-refractivity contribution in [2.45, 2.75) is 45.6 Å². The first-order valence-electron chi connectivity index (χ1n) is 9.46. The number of carbonyl (C=O) groups is 1. The average Bonchev–Trinajstić information content (AvgIpc) is 3.14. The molecule has 1 amide bonds. The predicted molar refractivity (Wildman–Crippen MR) is 114 cm³/mol. The van der Waals surface area contributed by atoms with Gasteiger partial charge >= 0.3 is 0 Å². The lowest BCUT2D eigenvalue weighted by Gasteiger charge is -2.20. The number of rotatable bonds is 3. The smallest absolute Gasteiger partial charge is 0.291 e. The van der Waals surface area contributed by atoms with Crippen LogP contribution in [0.15, 0.2) is 16.9 Å². The third-order valence-corrected chi connectivity index (χ3v) is 6.02. The minimum absolute atomic E-state index is 0.0729. The molecule has 7 nitrogen and oxygen atoms in total. The maximum atomic E-state index is 12.4. The summed E-state index contributed by atoms with van der Waals surface area (Å²) in [4.78, 5) is 26.8. The Morgan fingerprint density at radius 1 is 1.29 bits per heavy atom. The van der Waals surface area contributed by atoms with Gasteiger partial charge in [0.05, 0.1) is 4.34 Å². The molecule has 1 aliphatic heterocycles. The molecule has 2 N–H and O–H groups in total. The van der Waals surface area contributed by atoms with Crippen molar-refractivity contribution in [1.29, 1.82) is 0 Å². The molecule has 0 bridgehead atoms. The van der Waals surface area contributed by atoms with Crippen molar-refractivity contribution in [3.8, 4) is 0 Å². The topological polar surface area (TPSA) is 85.6 Å². The number of fused-ring (bicyclic) bond motifs is 3. The molecule has 28 heavy (non-hydrogen) atoms. The van der Waals surface area contributed by atoms with E-state index in [9.17, 15) is 9.59 Å². The Hall–Kier alpha value is -1.90. The van der Waals surface area contributed by atoms with Crippen LogP contribution >= 0.6 is 22.9 Å². The molecule has 0 radical (unpaired) electrons. The summed E-state index contributed by atoms with van der Waals surface area (Å²) in [5.41, 5.74) is 5.32. The van der Waals surface area contributed by atoms with Gasteiger partial charge < -0.3 is 10.6 Å². The fourth-order valence-corrected chi connectivity index (χ4v) is 4.60. The summed E-state index contributed by atoms with van der Waals surface area (Å²) in [6, 6.07) is 3.58. The van der Waals surface area contributed by atoms with E-state index in [0.29, 0.717) is 15.7 Å². The molecular weight excluding hydrogens is 398 g/mol. The van der Waals surface area contributed by atoms with Gasteiger partial charge in [-0.3, -0.25) is 14.0 Å². The number of thiophene rings is 1. The van der Waals surface area contributed by atoms with Crippen LogP contribution < -0.4 is 11.3 Å². The van der Waals surface area contributed by atoms with Crippen LogP contribution in [-0.4, -0.2) is 45.1 Å². The number of likely N-dealkylation sites (tertiary alicyclic amines) is 1. The van der Waals surface area contributed by atoms with Crippen LogP contribution in [0.4, 0.5) is 0 Å². The SMILES string of the molecule is CC(C)c1nn(CC(N)=O)c(=O)c2cc3cc(Cl)sc3n12.CN1CCCCC1. The molecule has 0 unspecified atom stereocenters. The number of hydrogen-bond donors (Lipinski definition) is 1. The quantitative estimate of drug-likeness (QED) is 0.701. The van der Waals surface area contributed by atoms with Gasteiger partial charge in [-0.25, -0.2) is 4.68 Å². The first kappa shape index (κ1) is 20.8. The molecule has 3 aromatic heterocycles. The van der Waals surface area contributed by atoms with Crippen molar-refractivity contribution >= 4 is 44.6 Å². The molecule has 0 aromatic carbocycles. The molecule has 4 heterocycles. The zero-order valence-electron chi connectivity index (χ0n) is 16.4. The zero-order chi connectivity index (χ0) is 20.4. The number of aromatic nitrogens is 3. The second-order valence-electron chi connectivity index (χ2n) is 7.48. The zero-order valence-corrected chi connectivity index (χ0v) is 18.0. The molecule has 1 aliphatic rings. The number of halogens is 1. The fraction of sp³-hybridized carbons (Fsp3) is 0.526. The van der Waals surface area contributed by atoms with Gasteiger partial charge in [0, 0.05) is 11.3 Å². The van der Waals surface area contributed by atoms with Gasteiger partial charge in [-0.15, -0.1) is 11.3 Å². The van der Waals surface area contributed by atoms with Gasteiger partial charge in [0.15, 0.2) is 0 Å². The van der Waals surface area contributed by atoms with E-state index in [2.05, 4.69) is 17.0 Å². The lowest BCUT2D eigenvalue weighted by Crippen LogP contribution is -2.32. The number of nitrogens with two attached hydrogens (primary N) is 1. The van der Waals surface area contributed by atoms with E-state index in [1.165, 1.54) is 43.7 Å². The van der Waals surface area contributed by atoms with Crippen LogP contribution in [0.1, 0.15) is 44.9 Å². The molecule has 4 rings (SSSR count). The molecule has 0 spiro atoms. The van der Waals surface area contributed by atoms with E-state index in [4.69, 9.17) is 17.3 Å². The average molecular weight is 424 g/mol. The first-order valence-corrected chi connectivity index (χ1v) is 10.7. The second-order valence-corrected chi connectivity index (χ2v) is 9.14. The molecule has 1 fully saturated rings. The third kappa shape index (κ3) is 4.39. The Balaban J connectivity index is 0.000000271. The number of amides is 1. The van der Waals surface area contributed by atoms with E-state index in [0.717, 1.165) is 14.9 Å². The largest absolute Gasteiger partial charge is 0.368 e. The Labute approximate surface area is 172 Å². The number of piperidine rings is 1. The highest BCUT2D eigenvalue weighted by Gasteiger charge is 2.18. The highest BCUT2D eigenvalue weighted by molar-refractivity contribution is 7.22. The first-order chi connectivity index (χ1) is 13.3. The minimum atomic E-state index is -0.597. The van der Waals surface area contributed by atoms with E-state index in [1.54, 1.807) is 6.07 Å².